The Balaban J connectivity index is 2.14. The van der Waals surface area contributed by atoms with Gasteiger partial charge in [0.25, 0.3) is 0 Å². The molecule has 3 nitrogen and oxygen atoms in total. The van der Waals surface area contributed by atoms with Crippen molar-refractivity contribution in [1.82, 2.24) is 0 Å². The summed E-state index contributed by atoms with van der Waals surface area (Å²) in [4.78, 5) is 10.6. The van der Waals surface area contributed by atoms with Crippen LogP contribution in [0.15, 0.2) is 24.3 Å². The van der Waals surface area contributed by atoms with Crippen LogP contribution >= 0.6 is 11.6 Å². The first kappa shape index (κ1) is 11.4. The summed E-state index contributed by atoms with van der Waals surface area (Å²) >= 11 is 5.82. The van der Waals surface area contributed by atoms with Gasteiger partial charge in [-0.15, -0.1) is 0 Å². The molecule has 0 aliphatic carbocycles. The molecule has 4 heteroatoms. The molecule has 2 rings (SSSR count). The van der Waals surface area contributed by atoms with Crippen LogP contribution in [0.25, 0.3) is 0 Å². The van der Waals surface area contributed by atoms with Crippen LogP contribution in [0.3, 0.4) is 0 Å². The fourth-order valence-corrected chi connectivity index (χ4v) is 2.11. The van der Waals surface area contributed by atoms with Crippen molar-refractivity contribution >= 4 is 17.6 Å². The lowest BCUT2D eigenvalue weighted by Crippen LogP contribution is -2.41. The van der Waals surface area contributed by atoms with Crippen LogP contribution < -0.4 is 0 Å². The molecule has 0 spiro atoms. The number of hydrogen-bond acceptors (Lipinski definition) is 2. The zero-order valence-corrected chi connectivity index (χ0v) is 9.54. The topological polar surface area (TPSA) is 46.5 Å². The number of hydrogen-bond donors (Lipinski definition) is 1. The lowest BCUT2D eigenvalue weighted by molar-refractivity contribution is -0.165. The number of aliphatic carboxylic acids is 1. The van der Waals surface area contributed by atoms with Crippen molar-refractivity contribution in [2.45, 2.75) is 24.9 Å². The maximum atomic E-state index is 10.6. The highest BCUT2D eigenvalue weighted by Gasteiger charge is 2.40. The predicted molar refractivity (Wildman–Crippen MR) is 60.6 cm³/mol. The lowest BCUT2D eigenvalue weighted by Gasteiger charge is -2.42. The first-order valence-corrected chi connectivity index (χ1v) is 5.62. The summed E-state index contributed by atoms with van der Waals surface area (Å²) in [6.07, 6.45) is 1.52. The number of benzene rings is 1. The Morgan fingerprint density at radius 3 is 2.50 bits per heavy atom. The maximum absolute atomic E-state index is 10.6. The van der Waals surface area contributed by atoms with Crippen molar-refractivity contribution in [2.24, 2.45) is 0 Å². The molecule has 1 aliphatic rings. The van der Waals surface area contributed by atoms with E-state index in [0.29, 0.717) is 18.1 Å². The minimum Gasteiger partial charge on any atom is -0.481 e. The average molecular weight is 241 g/mol. The molecule has 1 aromatic carbocycles. The van der Waals surface area contributed by atoms with E-state index in [2.05, 4.69) is 0 Å². The summed E-state index contributed by atoms with van der Waals surface area (Å²) in [6, 6.07) is 7.43. The molecule has 1 aromatic rings. The standard InChI is InChI=1S/C12H13ClO3/c13-10-3-1-9(2-4-10)12(7-8-16-12)6-5-11(14)15/h1-4H,5-8H2,(H,14,15). The van der Waals surface area contributed by atoms with Crippen molar-refractivity contribution in [1.29, 1.82) is 0 Å². The van der Waals surface area contributed by atoms with Gasteiger partial charge in [-0.25, -0.2) is 0 Å². The van der Waals surface area contributed by atoms with Crippen molar-refractivity contribution in [2.75, 3.05) is 6.61 Å². The highest BCUT2D eigenvalue weighted by molar-refractivity contribution is 6.30. The number of rotatable bonds is 4. The van der Waals surface area contributed by atoms with E-state index in [1.165, 1.54) is 0 Å². The normalized spacial score (nSPS) is 23.8. The molecular formula is C12H13ClO3. The Kier molecular flexibility index (Phi) is 3.17. The fourth-order valence-electron chi connectivity index (χ4n) is 1.98. The van der Waals surface area contributed by atoms with E-state index in [9.17, 15) is 4.79 Å². The Morgan fingerprint density at radius 2 is 2.06 bits per heavy atom. The van der Waals surface area contributed by atoms with E-state index in [-0.39, 0.29) is 6.42 Å². The molecule has 0 aromatic heterocycles. The number of carboxylic acids is 1. The summed E-state index contributed by atoms with van der Waals surface area (Å²) in [5.41, 5.74) is 0.618. The largest absolute Gasteiger partial charge is 0.481 e. The zero-order valence-electron chi connectivity index (χ0n) is 8.78. The number of halogens is 1. The number of ether oxygens (including phenoxy) is 1. The van der Waals surface area contributed by atoms with Crippen molar-refractivity contribution in [3.63, 3.8) is 0 Å². The van der Waals surface area contributed by atoms with Gasteiger partial charge in [0.1, 0.15) is 0 Å². The summed E-state index contributed by atoms with van der Waals surface area (Å²) in [6.45, 7) is 0.697. The van der Waals surface area contributed by atoms with Gasteiger partial charge in [-0.1, -0.05) is 23.7 Å². The molecule has 1 N–H and O–H groups in total. The van der Waals surface area contributed by atoms with Crippen LogP contribution in [-0.2, 0) is 15.1 Å². The maximum Gasteiger partial charge on any atom is 0.303 e. The SMILES string of the molecule is O=C(O)CCC1(c2ccc(Cl)cc2)CCO1. The average Bonchev–Trinajstić information content (AvgIpc) is 2.18. The van der Waals surface area contributed by atoms with Gasteiger partial charge in [-0.05, 0) is 24.1 Å². The van der Waals surface area contributed by atoms with Crippen LogP contribution in [-0.4, -0.2) is 17.7 Å². The summed E-state index contributed by atoms with van der Waals surface area (Å²) in [5, 5.41) is 9.39. The first-order valence-electron chi connectivity index (χ1n) is 5.24. The molecule has 1 unspecified atom stereocenters. The van der Waals surface area contributed by atoms with Crippen LogP contribution in [0.4, 0.5) is 0 Å². The zero-order chi connectivity index (χ0) is 11.6. The van der Waals surface area contributed by atoms with Crippen molar-refractivity contribution in [3.8, 4) is 0 Å². The molecule has 0 amide bonds. The smallest absolute Gasteiger partial charge is 0.303 e. The molecule has 1 aliphatic heterocycles. The Hall–Kier alpha value is -1.06. The van der Waals surface area contributed by atoms with E-state index < -0.39 is 11.6 Å². The van der Waals surface area contributed by atoms with Crippen molar-refractivity contribution in [3.05, 3.63) is 34.9 Å². The molecular weight excluding hydrogens is 228 g/mol. The summed E-state index contributed by atoms with van der Waals surface area (Å²) < 4.78 is 5.59. The molecule has 0 bridgehead atoms. The summed E-state index contributed by atoms with van der Waals surface area (Å²) in [7, 11) is 0. The highest BCUT2D eigenvalue weighted by atomic mass is 35.5. The Labute approximate surface area is 99.0 Å². The second-order valence-corrected chi connectivity index (χ2v) is 4.43. The second kappa shape index (κ2) is 4.44. The third-order valence-corrected chi connectivity index (χ3v) is 3.25. The van der Waals surface area contributed by atoms with Gasteiger partial charge in [0.15, 0.2) is 0 Å². The van der Waals surface area contributed by atoms with E-state index in [0.717, 1.165) is 12.0 Å². The van der Waals surface area contributed by atoms with Gasteiger partial charge in [0.05, 0.1) is 12.2 Å². The number of carboxylic acid groups (broad SMARTS) is 1. The minimum absolute atomic E-state index is 0.128. The molecule has 1 fully saturated rings. The first-order chi connectivity index (χ1) is 7.62. The van der Waals surface area contributed by atoms with Gasteiger partial charge in [-0.2, -0.15) is 0 Å². The van der Waals surface area contributed by atoms with E-state index >= 15 is 0 Å². The van der Waals surface area contributed by atoms with Crippen molar-refractivity contribution < 1.29 is 14.6 Å². The predicted octanol–water partition coefficient (Wildman–Crippen LogP) is 2.82. The molecule has 0 radical (unpaired) electrons. The highest BCUT2D eigenvalue weighted by Crippen LogP contribution is 2.41. The molecule has 16 heavy (non-hydrogen) atoms. The second-order valence-electron chi connectivity index (χ2n) is 3.99. The molecule has 0 saturated carbocycles. The Morgan fingerprint density at radius 1 is 1.44 bits per heavy atom. The van der Waals surface area contributed by atoms with E-state index in [1.807, 2.05) is 12.1 Å². The third kappa shape index (κ3) is 2.20. The van der Waals surface area contributed by atoms with Gasteiger partial charge in [0, 0.05) is 17.9 Å². The van der Waals surface area contributed by atoms with Crippen LogP contribution in [0.5, 0.6) is 0 Å². The number of carbonyl (C=O) groups is 1. The molecule has 1 saturated heterocycles. The van der Waals surface area contributed by atoms with Crippen LogP contribution in [0, 0.1) is 0 Å². The van der Waals surface area contributed by atoms with Gasteiger partial charge in [0.2, 0.25) is 0 Å². The Bertz CT molecular complexity index is 382. The van der Waals surface area contributed by atoms with E-state index in [4.69, 9.17) is 21.4 Å². The quantitative estimate of drug-likeness (QED) is 0.880. The molecule has 1 heterocycles. The van der Waals surface area contributed by atoms with Gasteiger partial charge < -0.3 is 9.84 Å². The molecule has 86 valence electrons. The monoisotopic (exact) mass is 240 g/mol. The van der Waals surface area contributed by atoms with Crippen LogP contribution in [0.1, 0.15) is 24.8 Å². The lowest BCUT2D eigenvalue weighted by atomic mass is 9.82. The minimum atomic E-state index is -0.788. The third-order valence-electron chi connectivity index (χ3n) is 3.00. The van der Waals surface area contributed by atoms with E-state index in [1.54, 1.807) is 12.1 Å². The van der Waals surface area contributed by atoms with Gasteiger partial charge in [-0.3, -0.25) is 4.79 Å². The fraction of sp³-hybridized carbons (Fsp3) is 0.417. The van der Waals surface area contributed by atoms with Crippen LogP contribution in [0.2, 0.25) is 5.02 Å². The molecule has 1 atom stereocenters. The van der Waals surface area contributed by atoms with Gasteiger partial charge >= 0.3 is 5.97 Å². The summed E-state index contributed by atoms with van der Waals surface area (Å²) in [5.74, 6) is -0.788.